The van der Waals surface area contributed by atoms with Gasteiger partial charge in [0.05, 0.1) is 0 Å². The maximum Gasteiger partial charge on any atom is 0.196 e. The van der Waals surface area contributed by atoms with Crippen molar-refractivity contribution >= 4 is 17.5 Å². The van der Waals surface area contributed by atoms with Crippen LogP contribution in [0, 0.1) is 17.5 Å². The van der Waals surface area contributed by atoms with Crippen molar-refractivity contribution in [3.05, 3.63) is 29.6 Å². The van der Waals surface area contributed by atoms with Crippen LogP contribution in [0.3, 0.4) is 0 Å². The van der Waals surface area contributed by atoms with E-state index in [2.05, 4.69) is 11.8 Å². The smallest absolute Gasteiger partial charge is 0.196 e. The van der Waals surface area contributed by atoms with E-state index in [1.807, 2.05) is 0 Å². The van der Waals surface area contributed by atoms with E-state index in [-0.39, 0.29) is 0 Å². The molecule has 0 aliphatic heterocycles. The molecule has 12 heavy (non-hydrogen) atoms. The van der Waals surface area contributed by atoms with Crippen molar-refractivity contribution in [2.75, 3.05) is 4.64 Å². The summed E-state index contributed by atoms with van der Waals surface area (Å²) >= 11 is 4.67. The summed E-state index contributed by atoms with van der Waals surface area (Å²) in [4.78, 5) is 0. The molecule has 1 aromatic rings. The predicted octanol–water partition coefficient (Wildman–Crippen LogP) is 2.95. The summed E-state index contributed by atoms with van der Waals surface area (Å²) in [7, 11) is 0. The molecule has 0 N–H and O–H groups in total. The van der Waals surface area contributed by atoms with E-state index in [0.29, 0.717) is 12.1 Å². The molecule has 0 aliphatic rings. The monoisotopic (exact) mass is 199 g/mol. The quantitative estimate of drug-likeness (QED) is 0.382. The third-order valence-electron chi connectivity index (χ3n) is 1.20. The Kier molecular flexibility index (Phi) is 2.42. The van der Waals surface area contributed by atoms with E-state index in [4.69, 9.17) is 0 Å². The van der Waals surface area contributed by atoms with Gasteiger partial charge < -0.3 is 0 Å². The highest BCUT2D eigenvalue weighted by Crippen LogP contribution is 2.24. The summed E-state index contributed by atoms with van der Waals surface area (Å²) in [5, 5.41) is 0. The van der Waals surface area contributed by atoms with Crippen LogP contribution in [0.15, 0.2) is 12.1 Å². The Morgan fingerprint density at radius 1 is 1.08 bits per heavy atom. The molecular weight excluding hydrogens is 198 g/mol. The van der Waals surface area contributed by atoms with E-state index in [0.717, 1.165) is 0 Å². The van der Waals surface area contributed by atoms with E-state index >= 15 is 0 Å². The van der Waals surface area contributed by atoms with Gasteiger partial charge in [-0.15, -0.1) is 4.64 Å². The standard InChI is InChI=1S/C6H2ClF4N/c7-12(11)4-2-1-3(8)5(9)6(4)10/h1-2H. The zero-order chi connectivity index (χ0) is 9.30. The zero-order valence-corrected chi connectivity index (χ0v) is 6.25. The first-order valence-electron chi connectivity index (χ1n) is 2.79. The highest BCUT2D eigenvalue weighted by Gasteiger charge is 2.16. The summed E-state index contributed by atoms with van der Waals surface area (Å²) in [6.45, 7) is 0. The van der Waals surface area contributed by atoms with Crippen LogP contribution in [0.1, 0.15) is 0 Å². The molecule has 0 fully saturated rings. The predicted molar refractivity (Wildman–Crippen MR) is 35.8 cm³/mol. The molecule has 0 atom stereocenters. The zero-order valence-electron chi connectivity index (χ0n) is 5.49. The molecule has 1 nitrogen and oxygen atoms in total. The van der Waals surface area contributed by atoms with Crippen LogP contribution in [-0.2, 0) is 0 Å². The Morgan fingerprint density at radius 2 is 1.67 bits per heavy atom. The second-order valence-electron chi connectivity index (χ2n) is 1.93. The number of halogens is 5. The van der Waals surface area contributed by atoms with Gasteiger partial charge in [-0.25, -0.2) is 13.2 Å². The van der Waals surface area contributed by atoms with Crippen molar-refractivity contribution in [1.29, 1.82) is 0 Å². The van der Waals surface area contributed by atoms with E-state index in [1.165, 1.54) is 0 Å². The summed E-state index contributed by atoms with van der Waals surface area (Å²) in [6, 6.07) is 1.25. The summed E-state index contributed by atoms with van der Waals surface area (Å²) in [5.41, 5.74) is -0.865. The third-order valence-corrected chi connectivity index (χ3v) is 1.38. The maximum absolute atomic E-state index is 12.5. The minimum absolute atomic E-state index is 0.572. The first kappa shape index (κ1) is 9.12. The second-order valence-corrected chi connectivity index (χ2v) is 2.22. The van der Waals surface area contributed by atoms with Gasteiger partial charge in [-0.2, -0.15) is 0 Å². The molecule has 0 heterocycles. The van der Waals surface area contributed by atoms with Crippen LogP contribution in [0.5, 0.6) is 0 Å². The Morgan fingerprint density at radius 3 is 2.17 bits per heavy atom. The van der Waals surface area contributed by atoms with Crippen molar-refractivity contribution in [2.45, 2.75) is 0 Å². The number of hydrogen-bond donors (Lipinski definition) is 0. The van der Waals surface area contributed by atoms with Gasteiger partial charge in [0.25, 0.3) is 0 Å². The molecule has 1 aromatic carbocycles. The van der Waals surface area contributed by atoms with Gasteiger partial charge in [-0.1, -0.05) is 4.48 Å². The lowest BCUT2D eigenvalue weighted by Gasteiger charge is -2.05. The molecule has 0 saturated heterocycles. The van der Waals surface area contributed by atoms with Gasteiger partial charge in [0.1, 0.15) is 5.69 Å². The Balaban J connectivity index is 3.27. The Bertz CT molecular complexity index is 302. The molecule has 0 aromatic heterocycles. The number of rotatable bonds is 1. The van der Waals surface area contributed by atoms with Gasteiger partial charge in [-0.3, -0.25) is 0 Å². The molecule has 0 spiro atoms. The van der Waals surface area contributed by atoms with Gasteiger partial charge in [0.15, 0.2) is 17.5 Å². The van der Waals surface area contributed by atoms with Crippen molar-refractivity contribution in [2.24, 2.45) is 0 Å². The number of benzene rings is 1. The Labute approximate surface area is 70.2 Å². The van der Waals surface area contributed by atoms with Crippen LogP contribution >= 0.6 is 11.8 Å². The van der Waals surface area contributed by atoms with Gasteiger partial charge in [0.2, 0.25) is 0 Å². The number of anilines is 1. The van der Waals surface area contributed by atoms with Crippen LogP contribution in [-0.4, -0.2) is 0 Å². The average Bonchev–Trinajstić information content (AvgIpc) is 2.00. The van der Waals surface area contributed by atoms with Crippen LogP contribution < -0.4 is 4.64 Å². The molecule has 0 saturated carbocycles. The van der Waals surface area contributed by atoms with Gasteiger partial charge in [0, 0.05) is 11.8 Å². The van der Waals surface area contributed by atoms with Crippen molar-refractivity contribution in [1.82, 2.24) is 0 Å². The fourth-order valence-electron chi connectivity index (χ4n) is 0.646. The molecule has 66 valence electrons. The van der Waals surface area contributed by atoms with Crippen LogP contribution in [0.4, 0.5) is 23.3 Å². The molecule has 0 unspecified atom stereocenters. The SMILES string of the molecule is Fc1ccc(N(F)Cl)c(F)c1F. The summed E-state index contributed by atoms with van der Waals surface area (Å²) < 4.78 is 48.5. The molecule has 0 aliphatic carbocycles. The number of nitrogens with zero attached hydrogens (tertiary/aromatic N) is 1. The maximum atomic E-state index is 12.5. The van der Waals surface area contributed by atoms with E-state index < -0.39 is 27.8 Å². The lowest BCUT2D eigenvalue weighted by atomic mass is 10.3. The van der Waals surface area contributed by atoms with Crippen LogP contribution in [0.25, 0.3) is 0 Å². The molecule has 0 bridgehead atoms. The first-order chi connectivity index (χ1) is 5.54. The number of hydrogen-bond acceptors (Lipinski definition) is 1. The van der Waals surface area contributed by atoms with E-state index in [1.54, 1.807) is 0 Å². The van der Waals surface area contributed by atoms with Crippen LogP contribution in [0.2, 0.25) is 0 Å². The fourth-order valence-corrected chi connectivity index (χ4v) is 0.777. The summed E-state index contributed by atoms with van der Waals surface area (Å²) in [6.07, 6.45) is 0. The molecule has 0 radical (unpaired) electrons. The van der Waals surface area contributed by atoms with Crippen molar-refractivity contribution in [3.8, 4) is 0 Å². The van der Waals surface area contributed by atoms with Crippen molar-refractivity contribution in [3.63, 3.8) is 0 Å². The summed E-state index contributed by atoms with van der Waals surface area (Å²) in [5.74, 6) is -4.81. The molecule has 6 heteroatoms. The van der Waals surface area contributed by atoms with Crippen molar-refractivity contribution < 1.29 is 17.7 Å². The normalized spacial score (nSPS) is 10.1. The Hall–Kier alpha value is -0.970. The topological polar surface area (TPSA) is 3.24 Å². The largest absolute Gasteiger partial charge is 0.204 e. The van der Waals surface area contributed by atoms with Gasteiger partial charge >= 0.3 is 0 Å². The fraction of sp³-hybridized carbons (Fsp3) is 0. The lowest BCUT2D eigenvalue weighted by Crippen LogP contribution is -2.01. The second kappa shape index (κ2) is 3.18. The molecule has 0 amide bonds. The first-order valence-corrected chi connectivity index (χ1v) is 3.13. The highest BCUT2D eigenvalue weighted by molar-refractivity contribution is 6.24. The third kappa shape index (κ3) is 1.45. The van der Waals surface area contributed by atoms with Gasteiger partial charge in [-0.05, 0) is 12.1 Å². The minimum Gasteiger partial charge on any atom is -0.204 e. The average molecular weight is 200 g/mol. The minimum atomic E-state index is -1.75. The molecular formula is C6H2ClF4N. The molecule has 1 rings (SSSR count). The lowest BCUT2D eigenvalue weighted by molar-refractivity contribution is 0.438. The highest BCUT2D eigenvalue weighted by atomic mass is 35.5. The van der Waals surface area contributed by atoms with E-state index in [9.17, 15) is 17.7 Å².